The third-order valence-electron chi connectivity index (χ3n) is 2.15. The van der Waals surface area contributed by atoms with E-state index in [0.717, 1.165) is 26.2 Å². The van der Waals surface area contributed by atoms with E-state index in [1.807, 2.05) is 0 Å². The molecule has 66 valence electrons. The zero-order valence-electron chi connectivity index (χ0n) is 7.42. The van der Waals surface area contributed by atoms with E-state index in [9.17, 15) is 0 Å². The molecule has 0 bridgehead atoms. The molecule has 0 spiro atoms. The number of nitrogens with two attached hydrogens (primary N) is 1. The third kappa shape index (κ3) is 2.77. The van der Waals surface area contributed by atoms with Crippen LogP contribution >= 0.6 is 0 Å². The molecule has 2 N–H and O–H groups in total. The Kier molecular flexibility index (Phi) is 3.30. The fraction of sp³-hybridized carbons (Fsp3) is 1.00. The Morgan fingerprint density at radius 3 is 2.82 bits per heavy atom. The summed E-state index contributed by atoms with van der Waals surface area (Å²) in [5, 5.41) is 0. The minimum Gasteiger partial charge on any atom is -0.381 e. The van der Waals surface area contributed by atoms with E-state index in [1.165, 1.54) is 0 Å². The minimum absolute atomic E-state index is 0.285. The summed E-state index contributed by atoms with van der Waals surface area (Å²) in [4.78, 5) is 2.13. The third-order valence-corrected chi connectivity index (χ3v) is 2.15. The van der Waals surface area contributed by atoms with E-state index < -0.39 is 0 Å². The number of likely N-dealkylation sites (N-methyl/N-ethyl adjacent to an activating group) is 1. The number of hydrogen-bond donors (Lipinski definition) is 1. The Morgan fingerprint density at radius 2 is 2.36 bits per heavy atom. The predicted molar refractivity (Wildman–Crippen MR) is 45.5 cm³/mol. The summed E-state index contributed by atoms with van der Waals surface area (Å²) in [7, 11) is 4.10. The molecule has 0 aromatic rings. The van der Waals surface area contributed by atoms with Crippen molar-refractivity contribution in [2.24, 2.45) is 11.7 Å². The SMILES string of the molecule is CN(C)CC(N)C1CCOC1. The van der Waals surface area contributed by atoms with Crippen molar-refractivity contribution < 1.29 is 4.74 Å². The van der Waals surface area contributed by atoms with Gasteiger partial charge in [-0.1, -0.05) is 0 Å². The first-order valence-electron chi connectivity index (χ1n) is 4.18. The second-order valence-electron chi connectivity index (χ2n) is 3.55. The van der Waals surface area contributed by atoms with E-state index >= 15 is 0 Å². The summed E-state index contributed by atoms with van der Waals surface area (Å²) in [5.41, 5.74) is 5.96. The van der Waals surface area contributed by atoms with Crippen LogP contribution in [-0.4, -0.2) is 44.8 Å². The van der Waals surface area contributed by atoms with Gasteiger partial charge < -0.3 is 15.4 Å². The topological polar surface area (TPSA) is 38.5 Å². The van der Waals surface area contributed by atoms with Crippen LogP contribution in [0.4, 0.5) is 0 Å². The van der Waals surface area contributed by atoms with Gasteiger partial charge >= 0.3 is 0 Å². The van der Waals surface area contributed by atoms with Gasteiger partial charge in [0, 0.05) is 25.1 Å². The first kappa shape index (κ1) is 8.97. The van der Waals surface area contributed by atoms with Gasteiger partial charge in [0.05, 0.1) is 6.61 Å². The molecule has 1 saturated heterocycles. The van der Waals surface area contributed by atoms with Gasteiger partial charge in [-0.15, -0.1) is 0 Å². The highest BCUT2D eigenvalue weighted by molar-refractivity contribution is 4.77. The van der Waals surface area contributed by atoms with Crippen molar-refractivity contribution in [3.05, 3.63) is 0 Å². The van der Waals surface area contributed by atoms with Crippen molar-refractivity contribution in [2.45, 2.75) is 12.5 Å². The van der Waals surface area contributed by atoms with Gasteiger partial charge in [0.1, 0.15) is 0 Å². The molecule has 1 aliphatic rings. The lowest BCUT2D eigenvalue weighted by atomic mass is 10.00. The molecule has 3 heteroatoms. The van der Waals surface area contributed by atoms with Gasteiger partial charge in [-0.3, -0.25) is 0 Å². The van der Waals surface area contributed by atoms with Crippen molar-refractivity contribution in [3.63, 3.8) is 0 Å². The van der Waals surface area contributed by atoms with Gasteiger partial charge in [-0.2, -0.15) is 0 Å². The maximum atomic E-state index is 5.96. The van der Waals surface area contributed by atoms with E-state index in [0.29, 0.717) is 5.92 Å². The number of hydrogen-bond acceptors (Lipinski definition) is 3. The van der Waals surface area contributed by atoms with Crippen molar-refractivity contribution in [2.75, 3.05) is 33.9 Å². The highest BCUT2D eigenvalue weighted by Crippen LogP contribution is 2.15. The predicted octanol–water partition coefficient (Wildman–Crippen LogP) is -0.0882. The number of nitrogens with zero attached hydrogens (tertiary/aromatic N) is 1. The maximum Gasteiger partial charge on any atom is 0.0510 e. The number of ether oxygens (including phenoxy) is 1. The monoisotopic (exact) mass is 158 g/mol. The maximum absolute atomic E-state index is 5.96. The molecule has 0 radical (unpaired) electrons. The molecule has 11 heavy (non-hydrogen) atoms. The zero-order valence-corrected chi connectivity index (χ0v) is 7.42. The molecule has 1 heterocycles. The van der Waals surface area contributed by atoms with Crippen molar-refractivity contribution in [1.82, 2.24) is 4.90 Å². The first-order valence-corrected chi connectivity index (χ1v) is 4.18. The quantitative estimate of drug-likeness (QED) is 0.624. The summed E-state index contributed by atoms with van der Waals surface area (Å²) in [6, 6.07) is 0.285. The van der Waals surface area contributed by atoms with Crippen LogP contribution in [0.3, 0.4) is 0 Å². The van der Waals surface area contributed by atoms with Crippen LogP contribution in [0.15, 0.2) is 0 Å². The van der Waals surface area contributed by atoms with E-state index in [4.69, 9.17) is 10.5 Å². The average molecular weight is 158 g/mol. The first-order chi connectivity index (χ1) is 5.20. The fourth-order valence-electron chi connectivity index (χ4n) is 1.46. The summed E-state index contributed by atoms with van der Waals surface area (Å²) in [5.74, 6) is 0.581. The van der Waals surface area contributed by atoms with Gasteiger partial charge in [-0.25, -0.2) is 0 Å². The van der Waals surface area contributed by atoms with Crippen molar-refractivity contribution >= 4 is 0 Å². The molecule has 0 saturated carbocycles. The van der Waals surface area contributed by atoms with Crippen LogP contribution in [-0.2, 0) is 4.74 Å². The Balaban J connectivity index is 2.22. The lowest BCUT2D eigenvalue weighted by Gasteiger charge is -2.21. The molecule has 0 aromatic heterocycles. The van der Waals surface area contributed by atoms with Crippen LogP contribution in [0.1, 0.15) is 6.42 Å². The van der Waals surface area contributed by atoms with Gasteiger partial charge in [0.25, 0.3) is 0 Å². The molecule has 1 rings (SSSR count). The van der Waals surface area contributed by atoms with Crippen LogP contribution in [0.2, 0.25) is 0 Å². The molecule has 2 unspecified atom stereocenters. The van der Waals surface area contributed by atoms with Crippen LogP contribution in [0, 0.1) is 5.92 Å². The standard InChI is InChI=1S/C8H18N2O/c1-10(2)5-8(9)7-3-4-11-6-7/h7-8H,3-6,9H2,1-2H3. The smallest absolute Gasteiger partial charge is 0.0510 e. The molecule has 1 aliphatic heterocycles. The average Bonchev–Trinajstić information content (AvgIpc) is 2.35. The highest BCUT2D eigenvalue weighted by atomic mass is 16.5. The summed E-state index contributed by atoms with van der Waals surface area (Å²) >= 11 is 0. The Bertz CT molecular complexity index is 111. The molecule has 1 fully saturated rings. The Labute approximate surface area is 68.5 Å². The van der Waals surface area contributed by atoms with Gasteiger partial charge in [0.2, 0.25) is 0 Å². The number of rotatable bonds is 3. The summed E-state index contributed by atoms with van der Waals surface area (Å²) in [6.45, 7) is 2.72. The molecule has 0 aromatic carbocycles. The second kappa shape index (κ2) is 4.04. The van der Waals surface area contributed by atoms with Crippen LogP contribution < -0.4 is 5.73 Å². The molecule has 0 aliphatic carbocycles. The summed E-state index contributed by atoms with van der Waals surface area (Å²) < 4.78 is 5.26. The van der Waals surface area contributed by atoms with Crippen molar-refractivity contribution in [1.29, 1.82) is 0 Å². The molecular formula is C8H18N2O. The van der Waals surface area contributed by atoms with Crippen LogP contribution in [0.5, 0.6) is 0 Å². The molecule has 0 amide bonds. The van der Waals surface area contributed by atoms with E-state index in [2.05, 4.69) is 19.0 Å². The normalized spacial score (nSPS) is 27.8. The summed E-state index contributed by atoms with van der Waals surface area (Å²) in [6.07, 6.45) is 1.13. The van der Waals surface area contributed by atoms with Crippen LogP contribution in [0.25, 0.3) is 0 Å². The van der Waals surface area contributed by atoms with E-state index in [1.54, 1.807) is 0 Å². The largest absolute Gasteiger partial charge is 0.381 e. The van der Waals surface area contributed by atoms with Gasteiger partial charge in [-0.05, 0) is 20.5 Å². The highest BCUT2D eigenvalue weighted by Gasteiger charge is 2.22. The second-order valence-corrected chi connectivity index (χ2v) is 3.55. The fourth-order valence-corrected chi connectivity index (χ4v) is 1.46. The molecular weight excluding hydrogens is 140 g/mol. The Morgan fingerprint density at radius 1 is 1.64 bits per heavy atom. The van der Waals surface area contributed by atoms with Gasteiger partial charge in [0.15, 0.2) is 0 Å². The lowest BCUT2D eigenvalue weighted by molar-refractivity contribution is 0.176. The lowest BCUT2D eigenvalue weighted by Crippen LogP contribution is -2.39. The van der Waals surface area contributed by atoms with Crippen molar-refractivity contribution in [3.8, 4) is 0 Å². The zero-order chi connectivity index (χ0) is 8.27. The molecule has 2 atom stereocenters. The Hall–Kier alpha value is -0.120. The molecule has 3 nitrogen and oxygen atoms in total. The minimum atomic E-state index is 0.285. The van der Waals surface area contributed by atoms with E-state index in [-0.39, 0.29) is 6.04 Å².